The first-order chi connectivity index (χ1) is 11.2. The lowest BCUT2D eigenvalue weighted by Gasteiger charge is -2.11. The fourth-order valence-electron chi connectivity index (χ4n) is 2.12. The minimum atomic E-state index is -0.430. The Morgan fingerprint density at radius 1 is 1.17 bits per heavy atom. The molecule has 0 amide bonds. The van der Waals surface area contributed by atoms with Crippen molar-refractivity contribution in [2.75, 3.05) is 19.6 Å². The van der Waals surface area contributed by atoms with E-state index in [1.54, 1.807) is 6.26 Å². The average molecular weight is 321 g/mol. The second-order valence-corrected chi connectivity index (χ2v) is 5.00. The van der Waals surface area contributed by atoms with Crippen molar-refractivity contribution in [1.29, 1.82) is 0 Å². The van der Waals surface area contributed by atoms with Gasteiger partial charge in [-0.2, -0.15) is 0 Å². The molecular weight excluding hydrogens is 300 g/mol. The molecule has 0 fully saturated rings. The predicted octanol–water partition coefficient (Wildman–Crippen LogP) is 2.90. The number of benzene rings is 1. The van der Waals surface area contributed by atoms with Crippen LogP contribution in [0.1, 0.15) is 18.2 Å². The van der Waals surface area contributed by atoms with Crippen LogP contribution < -0.4 is 10.6 Å². The van der Waals surface area contributed by atoms with Crippen LogP contribution >= 0.6 is 0 Å². The van der Waals surface area contributed by atoms with Crippen molar-refractivity contribution >= 4 is 5.96 Å². The van der Waals surface area contributed by atoms with Crippen LogP contribution in [-0.2, 0) is 12.8 Å². The molecule has 0 bridgehead atoms. The van der Waals surface area contributed by atoms with Gasteiger partial charge in [-0.3, -0.25) is 4.99 Å². The van der Waals surface area contributed by atoms with E-state index < -0.39 is 11.6 Å². The summed E-state index contributed by atoms with van der Waals surface area (Å²) in [5.74, 6) is 0.704. The Morgan fingerprint density at radius 2 is 2.04 bits per heavy atom. The minimum absolute atomic E-state index is 0.351. The lowest BCUT2D eigenvalue weighted by Crippen LogP contribution is -2.38. The van der Waals surface area contributed by atoms with Crippen molar-refractivity contribution in [3.05, 3.63) is 59.6 Å². The van der Waals surface area contributed by atoms with Gasteiger partial charge in [-0.1, -0.05) is 0 Å². The highest BCUT2D eigenvalue weighted by molar-refractivity contribution is 5.79. The Balaban J connectivity index is 1.82. The third-order valence-corrected chi connectivity index (χ3v) is 3.25. The second kappa shape index (κ2) is 8.92. The summed E-state index contributed by atoms with van der Waals surface area (Å²) in [5.41, 5.74) is 0.351. The summed E-state index contributed by atoms with van der Waals surface area (Å²) in [6.07, 6.45) is 2.73. The first-order valence-corrected chi connectivity index (χ1v) is 7.67. The molecule has 0 saturated heterocycles. The summed E-state index contributed by atoms with van der Waals surface area (Å²) >= 11 is 0. The summed E-state index contributed by atoms with van der Waals surface area (Å²) in [5, 5.41) is 6.23. The standard InChI is InChI=1S/C17H21F2N3O/c1-2-20-17(22-10-8-15-4-3-11-23-15)21-9-7-13-12-14(18)5-6-16(13)19/h3-6,11-12H,2,7-10H2,1H3,(H2,20,21,22). The molecule has 4 nitrogen and oxygen atoms in total. The molecule has 23 heavy (non-hydrogen) atoms. The quantitative estimate of drug-likeness (QED) is 0.609. The molecule has 0 aliphatic carbocycles. The van der Waals surface area contributed by atoms with Crippen LogP contribution in [0.5, 0.6) is 0 Å². The smallest absolute Gasteiger partial charge is 0.191 e. The Morgan fingerprint density at radius 3 is 2.78 bits per heavy atom. The lowest BCUT2D eigenvalue weighted by atomic mass is 10.1. The number of hydrogen-bond acceptors (Lipinski definition) is 2. The van der Waals surface area contributed by atoms with Crippen LogP contribution in [0.2, 0.25) is 0 Å². The number of nitrogens with one attached hydrogen (secondary N) is 2. The van der Waals surface area contributed by atoms with E-state index in [1.165, 1.54) is 6.07 Å². The molecule has 6 heteroatoms. The maximum absolute atomic E-state index is 13.6. The number of halogens is 2. The molecule has 2 rings (SSSR count). The molecule has 0 radical (unpaired) electrons. The van der Waals surface area contributed by atoms with Crippen molar-refractivity contribution in [2.24, 2.45) is 4.99 Å². The second-order valence-electron chi connectivity index (χ2n) is 5.00. The average Bonchev–Trinajstić information content (AvgIpc) is 3.04. The monoisotopic (exact) mass is 321 g/mol. The Labute approximate surface area is 134 Å². The first-order valence-electron chi connectivity index (χ1n) is 7.67. The van der Waals surface area contributed by atoms with Gasteiger partial charge in [0, 0.05) is 26.1 Å². The molecular formula is C17H21F2N3O. The molecule has 0 saturated carbocycles. The molecule has 0 atom stereocenters. The van der Waals surface area contributed by atoms with Gasteiger partial charge in [0.05, 0.1) is 6.26 Å². The van der Waals surface area contributed by atoms with Gasteiger partial charge in [0.2, 0.25) is 0 Å². The van der Waals surface area contributed by atoms with E-state index in [1.807, 2.05) is 19.1 Å². The number of nitrogens with zero attached hydrogens (tertiary/aromatic N) is 1. The normalized spacial score (nSPS) is 11.5. The van der Waals surface area contributed by atoms with E-state index in [2.05, 4.69) is 15.6 Å². The molecule has 1 heterocycles. The molecule has 1 aromatic carbocycles. The highest BCUT2D eigenvalue weighted by Gasteiger charge is 2.04. The largest absolute Gasteiger partial charge is 0.469 e. The molecule has 0 aliphatic heterocycles. The third-order valence-electron chi connectivity index (χ3n) is 3.25. The van der Waals surface area contributed by atoms with E-state index >= 15 is 0 Å². The highest BCUT2D eigenvalue weighted by atomic mass is 19.1. The molecule has 1 aromatic heterocycles. The fraction of sp³-hybridized carbons (Fsp3) is 0.353. The number of rotatable bonds is 7. The van der Waals surface area contributed by atoms with Crippen LogP contribution in [-0.4, -0.2) is 25.6 Å². The van der Waals surface area contributed by atoms with Crippen LogP contribution in [0, 0.1) is 11.6 Å². The summed E-state index contributed by atoms with van der Waals surface area (Å²) in [6.45, 7) is 3.74. The summed E-state index contributed by atoms with van der Waals surface area (Å²) in [4.78, 5) is 4.43. The van der Waals surface area contributed by atoms with E-state index in [9.17, 15) is 8.78 Å². The Kier molecular flexibility index (Phi) is 6.59. The maximum atomic E-state index is 13.6. The summed E-state index contributed by atoms with van der Waals surface area (Å²) in [7, 11) is 0. The van der Waals surface area contributed by atoms with Crippen molar-refractivity contribution in [2.45, 2.75) is 19.8 Å². The van der Waals surface area contributed by atoms with Gasteiger partial charge in [-0.05, 0) is 49.2 Å². The zero-order valence-corrected chi connectivity index (χ0v) is 13.1. The summed E-state index contributed by atoms with van der Waals surface area (Å²) < 4.78 is 31.9. The molecule has 0 unspecified atom stereocenters. The number of hydrogen-bond donors (Lipinski definition) is 2. The van der Waals surface area contributed by atoms with Crippen molar-refractivity contribution in [1.82, 2.24) is 10.6 Å². The molecule has 0 aliphatic rings. The van der Waals surface area contributed by atoms with Crippen molar-refractivity contribution < 1.29 is 13.2 Å². The van der Waals surface area contributed by atoms with E-state index in [0.717, 1.165) is 24.4 Å². The Bertz CT molecular complexity index is 627. The minimum Gasteiger partial charge on any atom is -0.469 e. The van der Waals surface area contributed by atoms with Crippen molar-refractivity contribution in [3.63, 3.8) is 0 Å². The van der Waals surface area contributed by atoms with Crippen LogP contribution in [0.3, 0.4) is 0 Å². The van der Waals surface area contributed by atoms with E-state index in [4.69, 9.17) is 4.42 Å². The number of furan rings is 1. The zero-order valence-electron chi connectivity index (χ0n) is 13.1. The van der Waals surface area contributed by atoms with E-state index in [-0.39, 0.29) is 0 Å². The first kappa shape index (κ1) is 17.0. The number of guanidine groups is 1. The van der Waals surface area contributed by atoms with Gasteiger partial charge in [0.1, 0.15) is 17.4 Å². The number of aliphatic imine (C=N–C) groups is 1. The highest BCUT2D eigenvalue weighted by Crippen LogP contribution is 2.09. The van der Waals surface area contributed by atoms with Gasteiger partial charge in [-0.25, -0.2) is 8.78 Å². The molecule has 124 valence electrons. The van der Waals surface area contributed by atoms with Crippen LogP contribution in [0.15, 0.2) is 46.0 Å². The van der Waals surface area contributed by atoms with Gasteiger partial charge in [0.15, 0.2) is 5.96 Å². The molecule has 2 N–H and O–H groups in total. The lowest BCUT2D eigenvalue weighted by molar-refractivity contribution is 0.510. The predicted molar refractivity (Wildman–Crippen MR) is 86.5 cm³/mol. The SMILES string of the molecule is CCNC(=NCCc1ccco1)NCCc1cc(F)ccc1F. The fourth-order valence-corrected chi connectivity index (χ4v) is 2.12. The van der Waals surface area contributed by atoms with Gasteiger partial charge < -0.3 is 15.1 Å². The maximum Gasteiger partial charge on any atom is 0.191 e. The van der Waals surface area contributed by atoms with Gasteiger partial charge in [0.25, 0.3) is 0 Å². The van der Waals surface area contributed by atoms with Crippen LogP contribution in [0.25, 0.3) is 0 Å². The third kappa shape index (κ3) is 5.73. The topological polar surface area (TPSA) is 49.6 Å². The molecule has 2 aromatic rings. The Hall–Kier alpha value is -2.37. The van der Waals surface area contributed by atoms with E-state index in [0.29, 0.717) is 37.5 Å². The van der Waals surface area contributed by atoms with Gasteiger partial charge in [-0.15, -0.1) is 0 Å². The van der Waals surface area contributed by atoms with Crippen molar-refractivity contribution in [3.8, 4) is 0 Å². The van der Waals surface area contributed by atoms with Gasteiger partial charge >= 0.3 is 0 Å². The zero-order chi connectivity index (χ0) is 16.5. The summed E-state index contributed by atoms with van der Waals surface area (Å²) in [6, 6.07) is 7.23. The molecule has 0 spiro atoms. The van der Waals surface area contributed by atoms with Crippen LogP contribution in [0.4, 0.5) is 8.78 Å².